The van der Waals surface area contributed by atoms with Gasteiger partial charge in [0.2, 0.25) is 0 Å². The van der Waals surface area contributed by atoms with Crippen molar-refractivity contribution in [3.05, 3.63) is 29.3 Å². The summed E-state index contributed by atoms with van der Waals surface area (Å²) in [5.74, 6) is 0.854. The molecule has 14 heavy (non-hydrogen) atoms. The van der Waals surface area contributed by atoms with Gasteiger partial charge in [-0.25, -0.2) is 0 Å². The fraction of sp³-hybridized carbons (Fsp3) is 0.500. The second-order valence-electron chi connectivity index (χ2n) is 4.28. The highest BCUT2D eigenvalue weighted by molar-refractivity contribution is 5.53. The van der Waals surface area contributed by atoms with Gasteiger partial charge in [-0.1, -0.05) is 19.9 Å². The number of phenols is 1. The Morgan fingerprint density at radius 2 is 1.93 bits per heavy atom. The van der Waals surface area contributed by atoms with Gasteiger partial charge in [-0.2, -0.15) is 0 Å². The summed E-state index contributed by atoms with van der Waals surface area (Å²) in [4.78, 5) is 0. The summed E-state index contributed by atoms with van der Waals surface area (Å²) in [6.45, 7) is 6.38. The van der Waals surface area contributed by atoms with Gasteiger partial charge in [-0.05, 0) is 36.1 Å². The highest BCUT2D eigenvalue weighted by atomic mass is 16.5. The van der Waals surface area contributed by atoms with Crippen molar-refractivity contribution in [2.45, 2.75) is 33.0 Å². The maximum Gasteiger partial charge on any atom is 0.115 e. The third-order valence-corrected chi connectivity index (χ3v) is 2.84. The summed E-state index contributed by atoms with van der Waals surface area (Å²) in [5, 5.41) is 9.25. The number of hydrogen-bond acceptors (Lipinski definition) is 2. The van der Waals surface area contributed by atoms with Crippen LogP contribution in [0.5, 0.6) is 5.75 Å². The van der Waals surface area contributed by atoms with Crippen molar-refractivity contribution in [1.82, 2.24) is 0 Å². The van der Waals surface area contributed by atoms with Crippen LogP contribution in [0, 0.1) is 5.92 Å². The van der Waals surface area contributed by atoms with Gasteiger partial charge < -0.3 is 9.84 Å². The predicted molar refractivity (Wildman–Crippen MR) is 55.3 cm³/mol. The maximum atomic E-state index is 9.25. The molecule has 1 aliphatic carbocycles. The third-order valence-electron chi connectivity index (χ3n) is 2.84. The van der Waals surface area contributed by atoms with Crippen molar-refractivity contribution in [1.29, 1.82) is 0 Å². The van der Waals surface area contributed by atoms with Crippen molar-refractivity contribution in [2.24, 2.45) is 5.92 Å². The van der Waals surface area contributed by atoms with Crippen LogP contribution >= 0.6 is 0 Å². The Hall–Kier alpha value is -1.02. The van der Waals surface area contributed by atoms with E-state index in [9.17, 15) is 5.11 Å². The topological polar surface area (TPSA) is 29.5 Å². The van der Waals surface area contributed by atoms with E-state index in [1.165, 1.54) is 5.56 Å². The maximum absolute atomic E-state index is 9.25. The van der Waals surface area contributed by atoms with E-state index in [4.69, 9.17) is 4.74 Å². The number of phenolic OH excluding ortho intramolecular Hbond substituents is 1. The van der Waals surface area contributed by atoms with Gasteiger partial charge in [0.15, 0.2) is 0 Å². The summed E-state index contributed by atoms with van der Waals surface area (Å²) >= 11 is 0. The molecule has 2 heteroatoms. The summed E-state index contributed by atoms with van der Waals surface area (Å²) in [5.41, 5.74) is 2.35. The van der Waals surface area contributed by atoms with Crippen molar-refractivity contribution in [2.75, 3.05) is 0 Å². The molecule has 0 radical (unpaired) electrons. The summed E-state index contributed by atoms with van der Waals surface area (Å²) in [7, 11) is 0. The molecule has 2 rings (SSSR count). The highest BCUT2D eigenvalue weighted by Gasteiger charge is 2.35. The molecule has 0 saturated carbocycles. The first-order chi connectivity index (χ1) is 6.59. The molecule has 1 aromatic rings. The Labute approximate surface area is 84.5 Å². The van der Waals surface area contributed by atoms with E-state index in [1.54, 1.807) is 12.1 Å². The van der Waals surface area contributed by atoms with Crippen LogP contribution < -0.4 is 0 Å². The Kier molecular flexibility index (Phi) is 2.23. The van der Waals surface area contributed by atoms with Crippen LogP contribution in [-0.2, 0) is 4.74 Å². The van der Waals surface area contributed by atoms with Gasteiger partial charge >= 0.3 is 0 Å². The van der Waals surface area contributed by atoms with Crippen molar-refractivity contribution < 1.29 is 9.84 Å². The zero-order chi connectivity index (χ0) is 10.3. The van der Waals surface area contributed by atoms with Crippen LogP contribution in [0.2, 0.25) is 0 Å². The Morgan fingerprint density at radius 3 is 2.50 bits per heavy atom. The fourth-order valence-corrected chi connectivity index (χ4v) is 1.48. The number of rotatable bonds is 3. The van der Waals surface area contributed by atoms with Gasteiger partial charge in [-0.3, -0.25) is 0 Å². The second kappa shape index (κ2) is 3.28. The molecule has 76 valence electrons. The van der Waals surface area contributed by atoms with Crippen molar-refractivity contribution >= 4 is 0 Å². The average molecular weight is 192 g/mol. The lowest BCUT2D eigenvalue weighted by molar-refractivity contribution is 0.0153. The Morgan fingerprint density at radius 1 is 1.21 bits per heavy atom. The lowest BCUT2D eigenvalue weighted by Crippen LogP contribution is -2.14. The Balaban J connectivity index is 2.00. The van der Waals surface area contributed by atoms with E-state index >= 15 is 0 Å². The highest BCUT2D eigenvalue weighted by Crippen LogP contribution is 2.46. The number of aromatic hydroxyl groups is 1. The van der Waals surface area contributed by atoms with Gasteiger partial charge in [0.05, 0.1) is 6.10 Å². The molecule has 0 saturated heterocycles. The number of fused-ring (bicyclic) bond motifs is 1. The first kappa shape index (κ1) is 9.53. The molecular formula is C12H16O2. The van der Waals surface area contributed by atoms with E-state index < -0.39 is 0 Å². The third kappa shape index (κ3) is 1.62. The number of hydrogen-bond donors (Lipinski definition) is 1. The Bertz CT molecular complexity index is 344. The van der Waals surface area contributed by atoms with Crippen LogP contribution in [0.4, 0.5) is 0 Å². The zero-order valence-electron chi connectivity index (χ0n) is 8.82. The van der Waals surface area contributed by atoms with E-state index in [0.717, 1.165) is 5.56 Å². The SMILES string of the molecule is CC(C)[C@H](C)O[C@@H]1c2ccc(O)cc21. The molecule has 1 aliphatic rings. The molecule has 0 aromatic heterocycles. The van der Waals surface area contributed by atoms with Crippen molar-refractivity contribution in [3.8, 4) is 5.75 Å². The predicted octanol–water partition coefficient (Wildman–Crippen LogP) is 2.86. The minimum absolute atomic E-state index is 0.133. The second-order valence-corrected chi connectivity index (χ2v) is 4.28. The fourth-order valence-electron chi connectivity index (χ4n) is 1.48. The number of benzene rings is 1. The average Bonchev–Trinajstić information content (AvgIpc) is 2.78. The molecule has 1 aromatic carbocycles. The minimum Gasteiger partial charge on any atom is -0.508 e. The summed E-state index contributed by atoms with van der Waals surface area (Å²) in [6, 6.07) is 5.43. The van der Waals surface area contributed by atoms with E-state index in [2.05, 4.69) is 20.8 Å². The lowest BCUT2D eigenvalue weighted by Gasteiger charge is -2.15. The lowest BCUT2D eigenvalue weighted by atomic mass is 10.1. The zero-order valence-corrected chi connectivity index (χ0v) is 8.82. The standard InChI is InChI=1S/C12H16O2/c1-7(2)8(3)14-12-10-5-4-9(13)6-11(10)12/h4-8,12-13H,1-3H3/t8-,12+/m0/s1. The van der Waals surface area contributed by atoms with Gasteiger partial charge in [0.1, 0.15) is 11.9 Å². The molecule has 0 aliphatic heterocycles. The normalized spacial score (nSPS) is 20.7. The molecule has 1 N–H and O–H groups in total. The van der Waals surface area contributed by atoms with Gasteiger partial charge in [0.25, 0.3) is 0 Å². The minimum atomic E-state index is 0.133. The molecule has 0 heterocycles. The smallest absolute Gasteiger partial charge is 0.115 e. The molecule has 0 spiro atoms. The van der Waals surface area contributed by atoms with Crippen LogP contribution in [0.25, 0.3) is 0 Å². The van der Waals surface area contributed by atoms with Gasteiger partial charge in [-0.15, -0.1) is 0 Å². The quantitative estimate of drug-likeness (QED) is 0.798. The molecule has 2 atom stereocenters. The molecule has 0 fully saturated rings. The van der Waals surface area contributed by atoms with Crippen molar-refractivity contribution in [3.63, 3.8) is 0 Å². The monoisotopic (exact) mass is 192 g/mol. The van der Waals surface area contributed by atoms with E-state index in [-0.39, 0.29) is 12.2 Å². The molecule has 0 amide bonds. The van der Waals surface area contributed by atoms with Crippen LogP contribution in [0.1, 0.15) is 38.0 Å². The molecular weight excluding hydrogens is 176 g/mol. The van der Waals surface area contributed by atoms with Crippen LogP contribution in [0.15, 0.2) is 18.2 Å². The van der Waals surface area contributed by atoms with Gasteiger partial charge in [0, 0.05) is 0 Å². The van der Waals surface area contributed by atoms with E-state index in [1.807, 2.05) is 6.07 Å². The van der Waals surface area contributed by atoms with Crippen LogP contribution in [0.3, 0.4) is 0 Å². The number of ether oxygens (including phenoxy) is 1. The first-order valence-corrected chi connectivity index (χ1v) is 5.08. The molecule has 2 nitrogen and oxygen atoms in total. The van der Waals surface area contributed by atoms with Crippen LogP contribution in [-0.4, -0.2) is 11.2 Å². The molecule has 0 unspecified atom stereocenters. The largest absolute Gasteiger partial charge is 0.508 e. The summed E-state index contributed by atoms with van der Waals surface area (Å²) in [6.07, 6.45) is 0.392. The first-order valence-electron chi connectivity index (χ1n) is 5.08. The molecule has 0 bridgehead atoms. The summed E-state index contributed by atoms with van der Waals surface area (Å²) < 4.78 is 5.84. The van der Waals surface area contributed by atoms with E-state index in [0.29, 0.717) is 11.7 Å².